The summed E-state index contributed by atoms with van der Waals surface area (Å²) in [5, 5.41) is 4.89. The fourth-order valence-corrected chi connectivity index (χ4v) is 14.9. The second-order valence-corrected chi connectivity index (χ2v) is 28.1. The van der Waals surface area contributed by atoms with Crippen LogP contribution in [0.25, 0.3) is 88.1 Å². The number of ether oxygens (including phenoxy) is 2. The monoisotopic (exact) mass is 1190 g/mol. The van der Waals surface area contributed by atoms with Gasteiger partial charge in [0.15, 0.2) is 0 Å². The molecule has 12 nitrogen and oxygen atoms in total. The molecule has 2 N–H and O–H groups in total. The van der Waals surface area contributed by atoms with E-state index in [9.17, 15) is 9.59 Å². The Hall–Kier alpha value is -8.90. The van der Waals surface area contributed by atoms with E-state index in [1.54, 1.807) is 0 Å². The van der Waals surface area contributed by atoms with Crippen LogP contribution < -0.4 is 0 Å². The van der Waals surface area contributed by atoms with Gasteiger partial charge in [-0.3, -0.25) is 19.8 Å². The van der Waals surface area contributed by atoms with Crippen molar-refractivity contribution in [1.82, 2.24) is 29.7 Å². The summed E-state index contributed by atoms with van der Waals surface area (Å²) in [6.45, 7) is 12.8. The van der Waals surface area contributed by atoms with Crippen LogP contribution in [0.5, 0.6) is 0 Å². The molecule has 4 aliphatic heterocycles. The summed E-state index contributed by atoms with van der Waals surface area (Å²) in [6.07, 6.45) is 15.7. The number of hydrogen-bond donors (Lipinski definition) is 2. The van der Waals surface area contributed by atoms with E-state index in [-0.39, 0.29) is 24.3 Å². The molecule has 2 saturated carbocycles. The van der Waals surface area contributed by atoms with Crippen molar-refractivity contribution in [1.29, 1.82) is 0 Å². The lowest BCUT2D eigenvalue weighted by Crippen LogP contribution is -2.36. The number of hydrogen-bond acceptors (Lipinski definition) is 8. The van der Waals surface area contributed by atoms with Gasteiger partial charge in [-0.1, -0.05) is 98.5 Å². The molecule has 6 heterocycles. The van der Waals surface area contributed by atoms with Crippen LogP contribution in [-0.2, 0) is 22.3 Å². The number of imidazole rings is 2. The number of benzene rings is 8. The van der Waals surface area contributed by atoms with E-state index < -0.39 is 11.2 Å². The van der Waals surface area contributed by atoms with E-state index in [0.29, 0.717) is 24.9 Å². The molecule has 2 atom stereocenters. The number of aromatic nitrogens is 4. The highest BCUT2D eigenvalue weighted by atomic mass is 16.6. The summed E-state index contributed by atoms with van der Waals surface area (Å²) in [5.41, 5.74) is 20.2. The normalized spacial score (nSPS) is 18.6. The van der Waals surface area contributed by atoms with Crippen LogP contribution in [0.3, 0.4) is 0 Å². The lowest BCUT2D eigenvalue weighted by molar-refractivity contribution is 0.0208. The van der Waals surface area contributed by atoms with Gasteiger partial charge >= 0.3 is 12.2 Å². The van der Waals surface area contributed by atoms with Crippen molar-refractivity contribution in [2.24, 2.45) is 21.8 Å². The van der Waals surface area contributed by atoms with Crippen LogP contribution in [0, 0.1) is 11.8 Å². The van der Waals surface area contributed by atoms with Gasteiger partial charge in [-0.15, -0.1) is 0 Å². The third-order valence-electron chi connectivity index (χ3n) is 19.5. The molecule has 0 bridgehead atoms. The third-order valence-corrected chi connectivity index (χ3v) is 19.5. The number of fused-ring (bicyclic) bond motifs is 6. The molecule has 2 amide bonds. The molecule has 2 aliphatic carbocycles. The van der Waals surface area contributed by atoms with E-state index in [1.807, 2.05) is 51.3 Å². The maximum Gasteiger partial charge on any atom is 0.410 e. The Kier molecular flexibility index (Phi) is 14.8. The van der Waals surface area contributed by atoms with Crippen LogP contribution >= 0.6 is 0 Å². The molecular weight excluding hydrogens is 1110 g/mol. The fourth-order valence-electron chi connectivity index (χ4n) is 14.9. The minimum Gasteiger partial charge on any atom is -0.444 e. The number of aliphatic imine (C=N–C) groups is 2. The minimum absolute atomic E-state index is 0.0990. The van der Waals surface area contributed by atoms with E-state index >= 15 is 0 Å². The van der Waals surface area contributed by atoms with Crippen molar-refractivity contribution in [3.05, 3.63) is 168 Å². The average Bonchev–Trinajstić information content (AvgIpc) is 1.68. The maximum atomic E-state index is 12.9. The molecule has 0 spiro atoms. The Morgan fingerprint density at radius 1 is 0.411 bits per heavy atom. The number of nitrogens with zero attached hydrogens (tertiary/aromatic N) is 6. The van der Waals surface area contributed by atoms with Crippen LogP contribution in [0.4, 0.5) is 21.0 Å². The Morgan fingerprint density at radius 3 is 1.18 bits per heavy atom. The third kappa shape index (κ3) is 11.7. The lowest BCUT2D eigenvalue weighted by atomic mass is 9.94. The summed E-state index contributed by atoms with van der Waals surface area (Å²) in [6, 6.07) is 53.1. The zero-order valence-electron chi connectivity index (χ0n) is 52.8. The van der Waals surface area contributed by atoms with Gasteiger partial charge in [-0.2, -0.15) is 0 Å². The van der Waals surface area contributed by atoms with E-state index in [4.69, 9.17) is 29.4 Å². The van der Waals surface area contributed by atoms with E-state index in [0.717, 1.165) is 100 Å². The van der Waals surface area contributed by atoms with Crippen molar-refractivity contribution >= 4 is 78.6 Å². The minimum atomic E-state index is -0.525. The zero-order chi connectivity index (χ0) is 61.4. The largest absolute Gasteiger partial charge is 0.444 e. The molecule has 12 heteroatoms. The van der Waals surface area contributed by atoms with Crippen LogP contribution in [-0.4, -0.2) is 77.6 Å². The van der Waals surface area contributed by atoms with Crippen molar-refractivity contribution in [3.63, 3.8) is 0 Å². The smallest absolute Gasteiger partial charge is 0.410 e. The van der Waals surface area contributed by atoms with E-state index in [2.05, 4.69) is 156 Å². The first-order valence-electron chi connectivity index (χ1n) is 33.0. The number of carbonyl (C=O) groups is 2. The van der Waals surface area contributed by atoms with Gasteiger partial charge in [0, 0.05) is 37.4 Å². The Labute approximate surface area is 527 Å². The van der Waals surface area contributed by atoms with Crippen molar-refractivity contribution in [2.75, 3.05) is 13.1 Å². The van der Waals surface area contributed by atoms with Crippen molar-refractivity contribution in [2.45, 2.75) is 155 Å². The summed E-state index contributed by atoms with van der Waals surface area (Å²) in [5.74, 6) is 3.02. The molecule has 2 saturated heterocycles. The Balaban J connectivity index is 0.000000150. The topological polar surface area (TPSA) is 141 Å². The SMILES string of the molecule is CC(C)(C)OC(=O)N1CCC[C@H]1c1nc2ccc(-c3ccc4cc(-c5ccc6c(c5)CC(C5CCCC5)=N6)ccc4c3)cc2[nH]1.CC(C)(C)OC(=O)N1CCC[C@H]1c1nc2ccc(-c3ccc4ccc(-c5ccc6c(c5)CC(C5CCCC5)=N6)cc4c3)cc2[nH]1. The standard InChI is InChI=1S/2C39H40N4O2/c1-39(2,3)45-38(44)43-18-6-9-36(43)37-41-33-17-15-29(22-35(33)42-37)27-13-11-24-10-12-26(19-30(24)20-27)28-14-16-32-31(21-28)23-34(40-32)25-7-4-5-8-25;1-39(2,3)45-38(44)43-18-6-9-36(43)37-41-33-17-15-30(22-35(33)42-37)28-13-12-25-19-27(11-10-26(25)20-28)29-14-16-32-31(21-29)23-34(40-32)24-7-4-5-8-24/h10-17,19-22,25,36H,4-9,18,23H2,1-3H3,(H,41,42);10-17,19-22,24,36H,4-9,18,23H2,1-3H3,(H,41,42)/t2*36-/m00/s1. The van der Waals surface area contributed by atoms with Gasteiger partial charge in [-0.25, -0.2) is 19.6 Å². The molecule has 0 unspecified atom stereocenters. The molecule has 0 radical (unpaired) electrons. The predicted octanol–water partition coefficient (Wildman–Crippen LogP) is 19.9. The number of nitrogens with one attached hydrogen (secondary N) is 2. The van der Waals surface area contributed by atoms with Crippen LogP contribution in [0.15, 0.2) is 156 Å². The number of H-pyrrole nitrogens is 2. The number of rotatable bonds is 8. The van der Waals surface area contributed by atoms with Gasteiger partial charge in [0.1, 0.15) is 22.9 Å². The van der Waals surface area contributed by atoms with Gasteiger partial charge in [0.05, 0.1) is 45.5 Å². The highest BCUT2D eigenvalue weighted by Gasteiger charge is 2.37. The van der Waals surface area contributed by atoms with Gasteiger partial charge in [0.25, 0.3) is 0 Å². The molecule has 6 aliphatic rings. The van der Waals surface area contributed by atoms with Crippen molar-refractivity contribution in [3.8, 4) is 44.5 Å². The number of likely N-dealkylation sites (tertiary alicyclic amines) is 2. The van der Waals surface area contributed by atoms with Crippen molar-refractivity contribution < 1.29 is 19.1 Å². The zero-order valence-corrected chi connectivity index (χ0v) is 52.8. The fraction of sp³-hybridized carbons (Fsp3) is 0.359. The summed E-state index contributed by atoms with van der Waals surface area (Å²) in [4.78, 5) is 56.2. The first-order valence-corrected chi connectivity index (χ1v) is 33.0. The second-order valence-electron chi connectivity index (χ2n) is 28.1. The van der Waals surface area contributed by atoms with Crippen LogP contribution in [0.2, 0.25) is 0 Å². The molecule has 456 valence electrons. The second kappa shape index (κ2) is 23.2. The molecule has 4 fully saturated rings. The number of carbonyl (C=O) groups excluding carboxylic acids is 2. The molecule has 8 aromatic carbocycles. The molecule has 10 aromatic rings. The number of amides is 2. The Bertz CT molecular complexity index is 4520. The lowest BCUT2D eigenvalue weighted by Gasteiger charge is -2.27. The quantitative estimate of drug-likeness (QED) is 0.155. The average molecular weight is 1190 g/mol. The molecule has 90 heavy (non-hydrogen) atoms. The molecule has 2 aromatic heterocycles. The van der Waals surface area contributed by atoms with Gasteiger partial charge < -0.3 is 19.4 Å². The summed E-state index contributed by atoms with van der Waals surface area (Å²) < 4.78 is 11.4. The first kappa shape index (κ1) is 57.5. The first-order chi connectivity index (χ1) is 43.5. The predicted molar refractivity (Wildman–Crippen MR) is 364 cm³/mol. The molecular formula is C78H80N8O4. The Morgan fingerprint density at radius 2 is 0.767 bits per heavy atom. The van der Waals surface area contributed by atoms with Gasteiger partial charge in [0.2, 0.25) is 0 Å². The number of aromatic amines is 2. The van der Waals surface area contributed by atoms with Gasteiger partial charge in [-0.05, 0) is 255 Å². The highest BCUT2D eigenvalue weighted by Crippen LogP contribution is 2.42. The molecule has 16 rings (SSSR count). The maximum absolute atomic E-state index is 12.9. The summed E-state index contributed by atoms with van der Waals surface area (Å²) >= 11 is 0. The summed E-state index contributed by atoms with van der Waals surface area (Å²) in [7, 11) is 0. The van der Waals surface area contributed by atoms with E-state index in [1.165, 1.54) is 123 Å². The van der Waals surface area contributed by atoms with Crippen LogP contribution in [0.1, 0.15) is 153 Å². The highest BCUT2D eigenvalue weighted by molar-refractivity contribution is 5.99.